The molecular weight excluding hydrogens is 256 g/mol. The molecule has 1 aromatic rings. The molecule has 1 heterocycles. The number of hydrogen-bond acceptors (Lipinski definition) is 4. The van der Waals surface area contributed by atoms with Gasteiger partial charge in [0.1, 0.15) is 0 Å². The Hall–Kier alpha value is -0.720. The largest absolute Gasteiger partial charge is 0.315 e. The van der Waals surface area contributed by atoms with Crippen LogP contribution in [0.2, 0.25) is 0 Å². The van der Waals surface area contributed by atoms with Crippen LogP contribution in [0.3, 0.4) is 0 Å². The van der Waals surface area contributed by atoms with Gasteiger partial charge in [0, 0.05) is 17.1 Å². The first-order valence-corrected chi connectivity index (χ1v) is 8.25. The Kier molecular flexibility index (Phi) is 3.96. The predicted molar refractivity (Wildman–Crippen MR) is 72.0 cm³/mol. The van der Waals surface area contributed by atoms with Crippen LogP contribution in [0.25, 0.3) is 0 Å². The Bertz CT molecular complexity index is 482. The monoisotopic (exact) mass is 272 g/mol. The summed E-state index contributed by atoms with van der Waals surface area (Å²) in [6, 6.07) is 7.44. The highest BCUT2D eigenvalue weighted by molar-refractivity contribution is 7.98. The van der Waals surface area contributed by atoms with Crippen molar-refractivity contribution in [3.05, 3.63) is 24.3 Å². The van der Waals surface area contributed by atoms with Crippen LogP contribution in [0.15, 0.2) is 29.2 Å². The lowest BCUT2D eigenvalue weighted by Crippen LogP contribution is -2.29. The van der Waals surface area contributed by atoms with E-state index in [0.29, 0.717) is 18.7 Å². The molecule has 1 aliphatic heterocycles. The van der Waals surface area contributed by atoms with Gasteiger partial charge in [-0.15, -0.1) is 11.8 Å². The van der Waals surface area contributed by atoms with E-state index in [2.05, 4.69) is 10.0 Å². The van der Waals surface area contributed by atoms with Gasteiger partial charge in [0.25, 0.3) is 0 Å². The molecule has 1 aromatic carbocycles. The number of hydrogen-bond donors (Lipinski definition) is 2. The van der Waals surface area contributed by atoms with Gasteiger partial charge in [-0.2, -0.15) is 0 Å². The summed E-state index contributed by atoms with van der Waals surface area (Å²) in [6.45, 7) is 1.31. The normalized spacial score (nSPS) is 20.4. The summed E-state index contributed by atoms with van der Waals surface area (Å²) >= 11 is 1.59. The van der Waals surface area contributed by atoms with Gasteiger partial charge in [-0.3, -0.25) is 4.72 Å². The zero-order valence-electron chi connectivity index (χ0n) is 9.64. The quantitative estimate of drug-likeness (QED) is 0.816. The van der Waals surface area contributed by atoms with Gasteiger partial charge in [0.05, 0.1) is 5.25 Å². The van der Waals surface area contributed by atoms with E-state index in [1.54, 1.807) is 17.8 Å². The zero-order valence-corrected chi connectivity index (χ0v) is 11.3. The molecule has 0 spiro atoms. The minimum absolute atomic E-state index is 0.319. The summed E-state index contributed by atoms with van der Waals surface area (Å²) in [5.41, 5.74) is 0.642. The molecule has 1 saturated heterocycles. The molecule has 2 N–H and O–H groups in total. The Balaban J connectivity index is 2.13. The lowest BCUT2D eigenvalue weighted by molar-refractivity contribution is 0.588. The predicted octanol–water partition coefficient (Wildman–Crippen LogP) is 1.51. The van der Waals surface area contributed by atoms with E-state index in [-0.39, 0.29) is 5.25 Å². The van der Waals surface area contributed by atoms with Gasteiger partial charge in [-0.25, -0.2) is 8.42 Å². The lowest BCUT2D eigenvalue weighted by Gasteiger charge is -2.13. The van der Waals surface area contributed by atoms with E-state index in [4.69, 9.17) is 0 Å². The minimum Gasteiger partial charge on any atom is -0.315 e. The van der Waals surface area contributed by atoms with E-state index in [1.165, 1.54) is 0 Å². The average Bonchev–Trinajstić information content (AvgIpc) is 2.83. The zero-order chi connectivity index (χ0) is 12.3. The van der Waals surface area contributed by atoms with Crippen LogP contribution in [0.4, 0.5) is 5.69 Å². The number of benzene rings is 1. The number of nitrogens with one attached hydrogen (secondary N) is 2. The number of thioether (sulfide) groups is 1. The Labute approximate surface area is 106 Å². The lowest BCUT2D eigenvalue weighted by atomic mass is 10.3. The highest BCUT2D eigenvalue weighted by Gasteiger charge is 2.28. The molecule has 0 amide bonds. The van der Waals surface area contributed by atoms with Crippen molar-refractivity contribution >= 4 is 27.5 Å². The van der Waals surface area contributed by atoms with Crippen LogP contribution < -0.4 is 10.0 Å². The highest BCUT2D eigenvalue weighted by atomic mass is 32.2. The molecule has 6 heteroatoms. The fraction of sp³-hybridized carbons (Fsp3) is 0.455. The molecule has 1 fully saturated rings. The first kappa shape index (κ1) is 12.7. The fourth-order valence-electron chi connectivity index (χ4n) is 1.83. The van der Waals surface area contributed by atoms with E-state index in [0.717, 1.165) is 11.4 Å². The van der Waals surface area contributed by atoms with Crippen molar-refractivity contribution in [3.8, 4) is 0 Å². The van der Waals surface area contributed by atoms with E-state index < -0.39 is 10.0 Å². The van der Waals surface area contributed by atoms with Crippen molar-refractivity contribution < 1.29 is 8.42 Å². The number of anilines is 1. The molecule has 0 saturated carbocycles. The molecule has 1 unspecified atom stereocenters. The summed E-state index contributed by atoms with van der Waals surface area (Å²) in [7, 11) is -3.26. The third-order valence-corrected chi connectivity index (χ3v) is 5.31. The maximum Gasteiger partial charge on any atom is 0.236 e. The van der Waals surface area contributed by atoms with Crippen LogP contribution in [0.1, 0.15) is 6.42 Å². The van der Waals surface area contributed by atoms with Gasteiger partial charge in [-0.05, 0) is 37.4 Å². The second kappa shape index (κ2) is 5.29. The number of rotatable bonds is 4. The van der Waals surface area contributed by atoms with Crippen LogP contribution in [-0.2, 0) is 10.0 Å². The molecule has 94 valence electrons. The molecule has 1 aliphatic rings. The summed E-state index contributed by atoms with van der Waals surface area (Å²) in [5, 5.41) is 2.74. The Morgan fingerprint density at radius 1 is 1.47 bits per heavy atom. The second-order valence-electron chi connectivity index (χ2n) is 3.99. The van der Waals surface area contributed by atoms with E-state index in [1.807, 2.05) is 24.5 Å². The summed E-state index contributed by atoms with van der Waals surface area (Å²) < 4.78 is 26.7. The fourth-order valence-corrected chi connectivity index (χ4v) is 3.67. The van der Waals surface area contributed by atoms with Gasteiger partial charge in [0.15, 0.2) is 0 Å². The molecule has 0 radical (unpaired) electrons. The van der Waals surface area contributed by atoms with Crippen LogP contribution in [0, 0.1) is 0 Å². The first-order chi connectivity index (χ1) is 8.12. The second-order valence-corrected chi connectivity index (χ2v) is 6.83. The van der Waals surface area contributed by atoms with Gasteiger partial charge >= 0.3 is 0 Å². The maximum absolute atomic E-state index is 12.0. The van der Waals surface area contributed by atoms with Crippen LogP contribution in [0.5, 0.6) is 0 Å². The van der Waals surface area contributed by atoms with Crippen LogP contribution in [-0.4, -0.2) is 33.0 Å². The first-order valence-electron chi connectivity index (χ1n) is 5.48. The van der Waals surface area contributed by atoms with Crippen molar-refractivity contribution in [1.29, 1.82) is 0 Å². The van der Waals surface area contributed by atoms with Gasteiger partial charge in [0.2, 0.25) is 10.0 Å². The van der Waals surface area contributed by atoms with Crippen molar-refractivity contribution in [2.24, 2.45) is 0 Å². The van der Waals surface area contributed by atoms with Crippen molar-refractivity contribution in [2.75, 3.05) is 24.1 Å². The molecular formula is C11H16N2O2S2. The standard InChI is InChI=1S/C11H16N2O2S2/c1-16-10-4-2-3-9(7-10)13-17(14,15)11-5-6-12-8-11/h2-4,7,11-13H,5-6,8H2,1H3. The summed E-state index contributed by atoms with van der Waals surface area (Å²) in [4.78, 5) is 1.05. The summed E-state index contributed by atoms with van der Waals surface area (Å²) in [5.74, 6) is 0. The maximum atomic E-state index is 12.0. The minimum atomic E-state index is -3.26. The van der Waals surface area contributed by atoms with Crippen molar-refractivity contribution in [3.63, 3.8) is 0 Å². The summed E-state index contributed by atoms with van der Waals surface area (Å²) in [6.07, 6.45) is 2.64. The average molecular weight is 272 g/mol. The molecule has 17 heavy (non-hydrogen) atoms. The van der Waals surface area contributed by atoms with Gasteiger partial charge < -0.3 is 5.32 Å². The molecule has 0 aliphatic carbocycles. The Morgan fingerprint density at radius 3 is 2.94 bits per heavy atom. The molecule has 1 atom stereocenters. The third-order valence-electron chi connectivity index (χ3n) is 2.78. The SMILES string of the molecule is CSc1cccc(NS(=O)(=O)C2CCNC2)c1. The van der Waals surface area contributed by atoms with Crippen molar-refractivity contribution in [1.82, 2.24) is 5.32 Å². The molecule has 2 rings (SSSR count). The van der Waals surface area contributed by atoms with Gasteiger partial charge in [-0.1, -0.05) is 6.07 Å². The molecule has 0 bridgehead atoms. The van der Waals surface area contributed by atoms with Crippen LogP contribution >= 0.6 is 11.8 Å². The topological polar surface area (TPSA) is 58.2 Å². The number of sulfonamides is 1. The third kappa shape index (κ3) is 3.14. The highest BCUT2D eigenvalue weighted by Crippen LogP contribution is 2.21. The molecule has 4 nitrogen and oxygen atoms in total. The van der Waals surface area contributed by atoms with E-state index in [9.17, 15) is 8.42 Å². The van der Waals surface area contributed by atoms with Crippen molar-refractivity contribution in [2.45, 2.75) is 16.6 Å². The molecule has 0 aromatic heterocycles. The Morgan fingerprint density at radius 2 is 2.29 bits per heavy atom. The van der Waals surface area contributed by atoms with E-state index >= 15 is 0 Å². The smallest absolute Gasteiger partial charge is 0.236 e.